The third kappa shape index (κ3) is 6.89. The molecule has 0 unspecified atom stereocenters. The van der Waals surface area contributed by atoms with Crippen LogP contribution in [-0.4, -0.2) is 55.0 Å². The van der Waals surface area contributed by atoms with E-state index in [0.717, 1.165) is 24.9 Å². The Hall–Kier alpha value is -4.42. The number of hydrogen-bond donors (Lipinski definition) is 2. The van der Waals surface area contributed by atoms with Gasteiger partial charge in [-0.1, -0.05) is 29.8 Å². The van der Waals surface area contributed by atoms with Gasteiger partial charge in [-0.05, 0) is 54.4 Å². The van der Waals surface area contributed by atoms with Gasteiger partial charge in [0.15, 0.2) is 5.82 Å². The Kier molecular flexibility index (Phi) is 8.46. The topological polar surface area (TPSA) is 106 Å². The average molecular weight is 600 g/mol. The molecule has 0 spiro atoms. The number of anilines is 2. The molecular weight excluding hydrogens is 575 g/mol. The summed E-state index contributed by atoms with van der Waals surface area (Å²) in [6, 6.07) is 15.5. The van der Waals surface area contributed by atoms with Crippen molar-refractivity contribution in [2.75, 3.05) is 37.0 Å². The van der Waals surface area contributed by atoms with Crippen LogP contribution in [0, 0.1) is 0 Å². The molecule has 0 atom stereocenters. The van der Waals surface area contributed by atoms with Crippen LogP contribution in [-0.2, 0) is 16.1 Å². The summed E-state index contributed by atoms with van der Waals surface area (Å²) in [6.45, 7) is 1.66. The summed E-state index contributed by atoms with van der Waals surface area (Å²) in [5.74, 6) is -0.293. The van der Waals surface area contributed by atoms with Crippen molar-refractivity contribution < 1.29 is 32.2 Å². The molecule has 1 aliphatic rings. The molecule has 13 heteroatoms. The number of fused-ring (bicyclic) bond motifs is 1. The van der Waals surface area contributed by atoms with E-state index in [9.17, 15) is 22.8 Å². The van der Waals surface area contributed by atoms with E-state index in [1.54, 1.807) is 42.5 Å². The second kappa shape index (κ2) is 12.2. The van der Waals surface area contributed by atoms with Gasteiger partial charge in [0, 0.05) is 43.4 Å². The lowest BCUT2D eigenvalue weighted by Gasteiger charge is -2.33. The highest BCUT2D eigenvalue weighted by Gasteiger charge is 2.31. The first-order valence-electron chi connectivity index (χ1n) is 12.9. The van der Waals surface area contributed by atoms with Crippen LogP contribution in [0.1, 0.15) is 22.3 Å². The zero-order valence-corrected chi connectivity index (χ0v) is 23.1. The molecule has 42 heavy (non-hydrogen) atoms. The first-order chi connectivity index (χ1) is 20.1. The first kappa shape index (κ1) is 29.1. The minimum atomic E-state index is -4.83. The fourth-order valence-electron chi connectivity index (χ4n) is 4.36. The molecule has 0 aliphatic carbocycles. The number of carbonyl (C=O) groups is 2. The Morgan fingerprint density at radius 2 is 1.86 bits per heavy atom. The molecule has 1 aliphatic heterocycles. The van der Waals surface area contributed by atoms with E-state index in [1.807, 2.05) is 0 Å². The number of benzene rings is 3. The van der Waals surface area contributed by atoms with Crippen molar-refractivity contribution in [3.63, 3.8) is 0 Å². The van der Waals surface area contributed by atoms with Crippen molar-refractivity contribution >= 4 is 45.8 Å². The van der Waals surface area contributed by atoms with Gasteiger partial charge in [-0.15, -0.1) is 13.2 Å². The largest absolute Gasteiger partial charge is 0.573 e. The molecule has 3 aromatic carbocycles. The standard InChI is InChI=1S/C29H25ClF3N5O4/c1-41-16-25(39)34-15-17-6-9-23(30)22(12-17)28(40)35-19-7-8-21-24(14-19)36-26(37-27(21)38-10-3-11-38)18-4-2-5-20(13-18)42-29(31,32)33/h2,4-9,12-14H,3,10-11,15-16H2,1H3,(H,34,39)(H,35,40). The molecule has 1 saturated heterocycles. The molecule has 5 rings (SSSR count). The Bertz CT molecular complexity index is 1650. The van der Waals surface area contributed by atoms with Crippen molar-refractivity contribution in [2.45, 2.75) is 19.3 Å². The number of halogens is 4. The van der Waals surface area contributed by atoms with Crippen LogP contribution in [0.5, 0.6) is 5.75 Å². The molecule has 1 aromatic heterocycles. The maximum Gasteiger partial charge on any atom is 0.573 e. The SMILES string of the molecule is COCC(=O)NCc1ccc(Cl)c(C(=O)Nc2ccc3c(N4CCC4)nc(-c4cccc(OC(F)(F)F)c4)nc3c2)c1. The average Bonchev–Trinajstić information content (AvgIpc) is 2.90. The van der Waals surface area contributed by atoms with Crippen LogP contribution in [0.4, 0.5) is 24.7 Å². The molecule has 0 radical (unpaired) electrons. The number of amides is 2. The number of hydrogen-bond acceptors (Lipinski definition) is 7. The predicted molar refractivity (Wildman–Crippen MR) is 152 cm³/mol. The molecule has 218 valence electrons. The zero-order chi connectivity index (χ0) is 29.9. The zero-order valence-electron chi connectivity index (χ0n) is 22.3. The van der Waals surface area contributed by atoms with E-state index in [4.69, 9.17) is 16.3 Å². The van der Waals surface area contributed by atoms with Gasteiger partial charge in [-0.3, -0.25) is 9.59 Å². The van der Waals surface area contributed by atoms with Crippen molar-refractivity contribution in [3.8, 4) is 17.1 Å². The van der Waals surface area contributed by atoms with Crippen LogP contribution >= 0.6 is 11.6 Å². The van der Waals surface area contributed by atoms with Crippen molar-refractivity contribution in [1.82, 2.24) is 15.3 Å². The number of nitrogens with one attached hydrogen (secondary N) is 2. The summed E-state index contributed by atoms with van der Waals surface area (Å²) in [6.07, 6.45) is -3.85. The summed E-state index contributed by atoms with van der Waals surface area (Å²) >= 11 is 6.31. The van der Waals surface area contributed by atoms with Crippen LogP contribution in [0.2, 0.25) is 5.02 Å². The highest BCUT2D eigenvalue weighted by Crippen LogP contribution is 2.33. The highest BCUT2D eigenvalue weighted by molar-refractivity contribution is 6.34. The number of alkyl halides is 3. The number of aromatic nitrogens is 2. The van der Waals surface area contributed by atoms with Gasteiger partial charge in [-0.25, -0.2) is 9.97 Å². The van der Waals surface area contributed by atoms with E-state index in [-0.39, 0.29) is 41.2 Å². The Labute approximate surface area is 243 Å². The van der Waals surface area contributed by atoms with Gasteiger partial charge in [0.25, 0.3) is 5.91 Å². The van der Waals surface area contributed by atoms with Crippen LogP contribution in [0.3, 0.4) is 0 Å². The smallest absolute Gasteiger partial charge is 0.406 e. The van der Waals surface area contributed by atoms with Crippen LogP contribution < -0.4 is 20.3 Å². The van der Waals surface area contributed by atoms with Crippen LogP contribution in [0.25, 0.3) is 22.3 Å². The fraction of sp³-hybridized carbons (Fsp3) is 0.241. The predicted octanol–water partition coefficient (Wildman–Crippen LogP) is 5.57. The van der Waals surface area contributed by atoms with E-state index < -0.39 is 12.3 Å². The van der Waals surface area contributed by atoms with Crippen molar-refractivity contribution in [3.05, 3.63) is 76.8 Å². The summed E-state index contributed by atoms with van der Waals surface area (Å²) < 4.78 is 47.3. The van der Waals surface area contributed by atoms with E-state index in [2.05, 4.69) is 30.2 Å². The normalized spacial score (nSPS) is 13.0. The summed E-state index contributed by atoms with van der Waals surface area (Å²) in [5.41, 5.74) is 2.14. The van der Waals surface area contributed by atoms with Crippen LogP contribution in [0.15, 0.2) is 60.7 Å². The number of rotatable bonds is 9. The maximum absolute atomic E-state index is 13.2. The number of nitrogens with zero attached hydrogens (tertiary/aromatic N) is 3. The van der Waals surface area contributed by atoms with Gasteiger partial charge < -0.3 is 25.0 Å². The molecule has 2 N–H and O–H groups in total. The second-order valence-corrected chi connectivity index (χ2v) is 9.90. The molecule has 0 bridgehead atoms. The summed E-state index contributed by atoms with van der Waals surface area (Å²) in [4.78, 5) is 36.2. The minimum Gasteiger partial charge on any atom is -0.406 e. The number of carbonyl (C=O) groups excluding carboxylic acids is 2. The monoisotopic (exact) mass is 599 g/mol. The minimum absolute atomic E-state index is 0.0829. The van der Waals surface area contributed by atoms with E-state index in [0.29, 0.717) is 28.1 Å². The molecule has 4 aromatic rings. The quantitative estimate of drug-likeness (QED) is 0.259. The number of methoxy groups -OCH3 is 1. The Balaban J connectivity index is 1.44. The Morgan fingerprint density at radius 1 is 1.05 bits per heavy atom. The summed E-state index contributed by atoms with van der Waals surface area (Å²) in [7, 11) is 1.42. The molecule has 9 nitrogen and oxygen atoms in total. The van der Waals surface area contributed by atoms with Crippen molar-refractivity contribution in [2.24, 2.45) is 0 Å². The third-order valence-electron chi connectivity index (χ3n) is 6.46. The molecule has 2 amide bonds. The molecular formula is C29H25ClF3N5O4. The van der Waals surface area contributed by atoms with Gasteiger partial charge in [0.05, 0.1) is 16.1 Å². The van der Waals surface area contributed by atoms with Crippen molar-refractivity contribution in [1.29, 1.82) is 0 Å². The lowest BCUT2D eigenvalue weighted by molar-refractivity contribution is -0.274. The molecule has 0 saturated carbocycles. The number of ether oxygens (including phenoxy) is 2. The second-order valence-electron chi connectivity index (χ2n) is 9.50. The van der Waals surface area contributed by atoms with Gasteiger partial charge in [0.1, 0.15) is 18.2 Å². The highest BCUT2D eigenvalue weighted by atomic mass is 35.5. The maximum atomic E-state index is 13.2. The lowest BCUT2D eigenvalue weighted by Crippen LogP contribution is -2.37. The molecule has 2 heterocycles. The van der Waals surface area contributed by atoms with Gasteiger partial charge in [0.2, 0.25) is 5.91 Å². The first-order valence-corrected chi connectivity index (χ1v) is 13.3. The van der Waals surface area contributed by atoms with Gasteiger partial charge >= 0.3 is 6.36 Å². The fourth-order valence-corrected chi connectivity index (χ4v) is 4.56. The third-order valence-corrected chi connectivity index (χ3v) is 6.79. The van der Waals surface area contributed by atoms with E-state index in [1.165, 1.54) is 25.3 Å². The summed E-state index contributed by atoms with van der Waals surface area (Å²) in [5, 5.41) is 6.47. The van der Waals surface area contributed by atoms with E-state index >= 15 is 0 Å². The van der Waals surface area contributed by atoms with Gasteiger partial charge in [-0.2, -0.15) is 0 Å². The Morgan fingerprint density at radius 3 is 2.57 bits per heavy atom. The molecule has 1 fully saturated rings. The lowest BCUT2D eigenvalue weighted by atomic mass is 10.1.